The van der Waals surface area contributed by atoms with Gasteiger partial charge in [0.05, 0.1) is 17.8 Å². The number of esters is 1. The van der Waals surface area contributed by atoms with Crippen LogP contribution in [0.2, 0.25) is 0 Å². The molecule has 5 atom stereocenters. The largest absolute Gasteiger partial charge is 0.458 e. The molecule has 3 aliphatic rings. The van der Waals surface area contributed by atoms with Crippen molar-refractivity contribution in [3.05, 3.63) is 23.8 Å². The van der Waals surface area contributed by atoms with Crippen molar-refractivity contribution in [3.63, 3.8) is 0 Å². The quantitative estimate of drug-likeness (QED) is 0.313. The lowest BCUT2D eigenvalue weighted by Crippen LogP contribution is -2.29. The second-order valence-corrected chi connectivity index (χ2v) is 6.13. The van der Waals surface area contributed by atoms with E-state index in [2.05, 4.69) is 13.5 Å². The highest BCUT2D eigenvalue weighted by molar-refractivity contribution is 5.90. The van der Waals surface area contributed by atoms with Gasteiger partial charge in [0.1, 0.15) is 6.10 Å². The molecular formula is C15H20O4. The van der Waals surface area contributed by atoms with E-state index in [9.17, 15) is 9.90 Å². The van der Waals surface area contributed by atoms with Crippen molar-refractivity contribution in [2.24, 2.45) is 5.92 Å². The first kappa shape index (κ1) is 12.9. The minimum absolute atomic E-state index is 0.106. The van der Waals surface area contributed by atoms with E-state index in [-0.39, 0.29) is 29.7 Å². The fourth-order valence-electron chi connectivity index (χ4n) is 3.17. The van der Waals surface area contributed by atoms with Crippen LogP contribution in [0.25, 0.3) is 0 Å². The van der Waals surface area contributed by atoms with Gasteiger partial charge < -0.3 is 14.6 Å². The van der Waals surface area contributed by atoms with E-state index in [0.717, 1.165) is 12.0 Å². The van der Waals surface area contributed by atoms with Gasteiger partial charge in [0, 0.05) is 17.9 Å². The van der Waals surface area contributed by atoms with E-state index in [4.69, 9.17) is 9.47 Å². The topological polar surface area (TPSA) is 59.1 Å². The van der Waals surface area contributed by atoms with Gasteiger partial charge in [-0.25, -0.2) is 4.79 Å². The van der Waals surface area contributed by atoms with Crippen LogP contribution in [0.4, 0.5) is 0 Å². The Balaban J connectivity index is 1.89. The molecule has 0 bridgehead atoms. The van der Waals surface area contributed by atoms with E-state index >= 15 is 0 Å². The summed E-state index contributed by atoms with van der Waals surface area (Å²) >= 11 is 0. The van der Waals surface area contributed by atoms with Crippen molar-refractivity contribution < 1.29 is 19.4 Å². The van der Waals surface area contributed by atoms with Crippen LogP contribution in [-0.4, -0.2) is 35.0 Å². The maximum atomic E-state index is 11.7. The molecule has 1 N–H and O–H groups in total. The Morgan fingerprint density at radius 2 is 2.26 bits per heavy atom. The average Bonchev–Trinajstić information content (AvgIpc) is 2.93. The molecular weight excluding hydrogens is 244 g/mol. The molecule has 5 unspecified atom stereocenters. The van der Waals surface area contributed by atoms with Crippen molar-refractivity contribution in [3.8, 4) is 0 Å². The van der Waals surface area contributed by atoms with Gasteiger partial charge in [-0.1, -0.05) is 12.7 Å². The first-order valence-electron chi connectivity index (χ1n) is 6.83. The highest BCUT2D eigenvalue weighted by Crippen LogP contribution is 2.47. The Hall–Kier alpha value is -1.13. The van der Waals surface area contributed by atoms with Crippen LogP contribution in [-0.2, 0) is 14.3 Å². The molecule has 4 nitrogen and oxygen atoms in total. The number of aliphatic hydroxyl groups is 1. The molecule has 0 saturated carbocycles. The Morgan fingerprint density at radius 3 is 3.00 bits per heavy atom. The van der Waals surface area contributed by atoms with Crippen LogP contribution in [0.3, 0.4) is 0 Å². The normalized spacial score (nSPS) is 45.9. The molecule has 0 spiro atoms. The number of rotatable bonds is 0. The van der Waals surface area contributed by atoms with Gasteiger partial charge in [-0.15, -0.1) is 0 Å². The Labute approximate surface area is 113 Å². The Kier molecular flexibility index (Phi) is 2.84. The van der Waals surface area contributed by atoms with Crippen LogP contribution >= 0.6 is 0 Å². The van der Waals surface area contributed by atoms with Crippen LogP contribution in [0.5, 0.6) is 0 Å². The van der Waals surface area contributed by atoms with Crippen molar-refractivity contribution >= 4 is 5.97 Å². The smallest absolute Gasteiger partial charge is 0.334 e. The van der Waals surface area contributed by atoms with E-state index in [0.29, 0.717) is 18.4 Å². The summed E-state index contributed by atoms with van der Waals surface area (Å²) in [5, 5.41) is 10.2. The zero-order valence-electron chi connectivity index (χ0n) is 11.4. The monoisotopic (exact) mass is 264 g/mol. The first-order valence-corrected chi connectivity index (χ1v) is 6.83. The molecule has 0 aromatic rings. The molecule has 19 heavy (non-hydrogen) atoms. The van der Waals surface area contributed by atoms with Crippen molar-refractivity contribution in [2.45, 2.75) is 57.0 Å². The average molecular weight is 264 g/mol. The molecule has 0 aromatic carbocycles. The molecule has 0 aromatic heterocycles. The van der Waals surface area contributed by atoms with Crippen molar-refractivity contribution in [1.29, 1.82) is 0 Å². The van der Waals surface area contributed by atoms with Crippen LogP contribution in [0.1, 0.15) is 33.1 Å². The van der Waals surface area contributed by atoms with Gasteiger partial charge in [-0.2, -0.15) is 0 Å². The number of aliphatic hydroxyl groups excluding tert-OH is 1. The summed E-state index contributed by atoms with van der Waals surface area (Å²) in [5.41, 5.74) is 1.22. The molecule has 104 valence electrons. The number of carbonyl (C=O) groups is 1. The van der Waals surface area contributed by atoms with E-state index in [1.165, 1.54) is 0 Å². The minimum Gasteiger partial charge on any atom is -0.458 e. The van der Waals surface area contributed by atoms with Crippen molar-refractivity contribution in [2.75, 3.05) is 0 Å². The van der Waals surface area contributed by atoms with Gasteiger partial charge in [0.25, 0.3) is 0 Å². The molecule has 0 amide bonds. The fraction of sp³-hybridized carbons (Fsp3) is 0.667. The van der Waals surface area contributed by atoms with Gasteiger partial charge in [-0.05, 0) is 32.3 Å². The van der Waals surface area contributed by atoms with Crippen LogP contribution in [0, 0.1) is 5.92 Å². The molecule has 2 heterocycles. The zero-order chi connectivity index (χ0) is 13.8. The molecule has 2 saturated heterocycles. The summed E-state index contributed by atoms with van der Waals surface area (Å²) in [6.45, 7) is 7.80. The Bertz CT molecular complexity index is 467. The van der Waals surface area contributed by atoms with Gasteiger partial charge in [0.2, 0.25) is 0 Å². The van der Waals surface area contributed by atoms with E-state index < -0.39 is 6.10 Å². The zero-order valence-corrected chi connectivity index (χ0v) is 11.4. The van der Waals surface area contributed by atoms with Gasteiger partial charge >= 0.3 is 5.97 Å². The lowest BCUT2D eigenvalue weighted by atomic mass is 9.83. The standard InChI is InChI=1S/C15H20O4/c1-8-4-5-13-15(3,19-13)7-12-10(6-11(8)16)9(2)14(17)18-12/h4,10-13,16H,2,5-7H2,1,3H3. The predicted octanol–water partition coefficient (Wildman–Crippen LogP) is 1.73. The van der Waals surface area contributed by atoms with Gasteiger partial charge in [-0.3, -0.25) is 0 Å². The van der Waals surface area contributed by atoms with Gasteiger partial charge in [0.15, 0.2) is 0 Å². The summed E-state index contributed by atoms with van der Waals surface area (Å²) in [4.78, 5) is 11.7. The third kappa shape index (κ3) is 2.13. The number of carbonyl (C=O) groups excluding carboxylic acids is 1. The lowest BCUT2D eigenvalue weighted by Gasteiger charge is -2.23. The number of epoxide rings is 1. The first-order chi connectivity index (χ1) is 8.90. The molecule has 2 fully saturated rings. The minimum atomic E-state index is -0.540. The predicted molar refractivity (Wildman–Crippen MR) is 69.4 cm³/mol. The maximum absolute atomic E-state index is 11.7. The molecule has 2 aliphatic heterocycles. The second-order valence-electron chi connectivity index (χ2n) is 6.13. The van der Waals surface area contributed by atoms with Crippen LogP contribution in [0.15, 0.2) is 23.8 Å². The molecule has 0 radical (unpaired) electrons. The maximum Gasteiger partial charge on any atom is 0.334 e. The second kappa shape index (κ2) is 4.18. The SMILES string of the molecule is C=C1C(=O)OC2CC3(C)OC3CC=C(C)C(O)CC12. The third-order valence-corrected chi connectivity index (χ3v) is 4.72. The highest BCUT2D eigenvalue weighted by atomic mass is 16.6. The summed E-state index contributed by atoms with van der Waals surface area (Å²) in [6, 6.07) is 0. The third-order valence-electron chi connectivity index (χ3n) is 4.72. The summed E-state index contributed by atoms with van der Waals surface area (Å²) in [7, 11) is 0. The summed E-state index contributed by atoms with van der Waals surface area (Å²) < 4.78 is 11.2. The molecule has 4 heteroatoms. The number of ether oxygens (including phenoxy) is 2. The summed E-state index contributed by atoms with van der Waals surface area (Å²) in [6.07, 6.45) is 3.45. The molecule has 3 rings (SSSR count). The summed E-state index contributed by atoms with van der Waals surface area (Å²) in [5.74, 6) is -0.436. The number of fused-ring (bicyclic) bond motifs is 2. The number of hydrogen-bond acceptors (Lipinski definition) is 4. The van der Waals surface area contributed by atoms with E-state index in [1.807, 2.05) is 13.0 Å². The highest BCUT2D eigenvalue weighted by Gasteiger charge is 2.55. The van der Waals surface area contributed by atoms with Crippen molar-refractivity contribution in [1.82, 2.24) is 0 Å². The fourth-order valence-corrected chi connectivity index (χ4v) is 3.17. The molecule has 1 aliphatic carbocycles. The lowest BCUT2D eigenvalue weighted by molar-refractivity contribution is -0.139. The Morgan fingerprint density at radius 1 is 1.53 bits per heavy atom. The number of hydrogen-bond donors (Lipinski definition) is 1. The van der Waals surface area contributed by atoms with Crippen LogP contribution < -0.4 is 0 Å². The van der Waals surface area contributed by atoms with E-state index in [1.54, 1.807) is 0 Å².